The van der Waals surface area contributed by atoms with E-state index in [1.54, 1.807) is 23.1 Å². The van der Waals surface area contributed by atoms with E-state index < -0.39 is 5.41 Å². The molecule has 5 nitrogen and oxygen atoms in total. The van der Waals surface area contributed by atoms with Gasteiger partial charge in [-0.05, 0) is 54.3 Å². The minimum absolute atomic E-state index is 0.245. The molecule has 0 amide bonds. The first-order valence-electron chi connectivity index (χ1n) is 8.31. The van der Waals surface area contributed by atoms with E-state index in [0.717, 1.165) is 22.3 Å². The van der Waals surface area contributed by atoms with Gasteiger partial charge in [0.25, 0.3) is 0 Å². The van der Waals surface area contributed by atoms with Crippen LogP contribution in [0.15, 0.2) is 55.1 Å². The van der Waals surface area contributed by atoms with Crippen LogP contribution in [0.4, 0.5) is 0 Å². The van der Waals surface area contributed by atoms with Gasteiger partial charge in [-0.25, -0.2) is 9.67 Å². The van der Waals surface area contributed by atoms with Crippen LogP contribution < -0.4 is 0 Å². The summed E-state index contributed by atoms with van der Waals surface area (Å²) in [6, 6.07) is 15.5. The number of nitrogens with zero attached hydrogens (tertiary/aromatic N) is 4. The molecular formula is C21H20N4O. The Balaban J connectivity index is 1.96. The zero-order chi connectivity index (χ0) is 18.6. The molecule has 1 aromatic heterocycles. The predicted octanol–water partition coefficient (Wildman–Crippen LogP) is 4.00. The average Bonchev–Trinajstić information content (AvgIpc) is 3.14. The number of rotatable bonds is 5. The summed E-state index contributed by atoms with van der Waals surface area (Å²) in [6.07, 6.45) is 7.17. The quantitative estimate of drug-likeness (QED) is 0.710. The highest BCUT2D eigenvalue weighted by atomic mass is 16.3. The third kappa shape index (κ3) is 4.17. The number of nitriles is 1. The molecule has 0 saturated carbocycles. The standard InChI is InChI=1S/C21H20N4O/c1-21(2,13-22)19-10-17(4-3-16-5-7-20(26)8-6-16)9-18(11-19)12-25-15-23-14-24-25/h3-11,14-15,26H,12H2,1-2H3/b4-3+. The van der Waals surface area contributed by atoms with Crippen LogP contribution in [0.3, 0.4) is 0 Å². The summed E-state index contributed by atoms with van der Waals surface area (Å²) >= 11 is 0. The molecule has 3 aromatic rings. The molecule has 130 valence electrons. The van der Waals surface area contributed by atoms with Crippen LogP contribution in [0.5, 0.6) is 5.75 Å². The van der Waals surface area contributed by atoms with E-state index in [-0.39, 0.29) is 5.75 Å². The third-order valence-electron chi connectivity index (χ3n) is 4.19. The van der Waals surface area contributed by atoms with Crippen molar-refractivity contribution in [2.75, 3.05) is 0 Å². The molecule has 0 spiro atoms. The van der Waals surface area contributed by atoms with E-state index in [0.29, 0.717) is 6.54 Å². The van der Waals surface area contributed by atoms with Gasteiger partial charge in [-0.15, -0.1) is 0 Å². The Hall–Kier alpha value is -3.39. The lowest BCUT2D eigenvalue weighted by molar-refractivity contribution is 0.475. The fourth-order valence-corrected chi connectivity index (χ4v) is 2.61. The van der Waals surface area contributed by atoms with E-state index in [2.05, 4.69) is 22.2 Å². The van der Waals surface area contributed by atoms with Crippen LogP contribution in [0.1, 0.15) is 36.1 Å². The molecule has 0 unspecified atom stereocenters. The summed E-state index contributed by atoms with van der Waals surface area (Å²) in [5.74, 6) is 0.245. The van der Waals surface area contributed by atoms with Gasteiger partial charge in [0.2, 0.25) is 0 Å². The molecule has 5 heteroatoms. The lowest BCUT2D eigenvalue weighted by atomic mass is 9.84. The van der Waals surface area contributed by atoms with E-state index in [1.165, 1.54) is 6.33 Å². The van der Waals surface area contributed by atoms with Crippen molar-refractivity contribution in [3.05, 3.63) is 77.4 Å². The van der Waals surface area contributed by atoms with Gasteiger partial charge in [0.15, 0.2) is 0 Å². The van der Waals surface area contributed by atoms with E-state index in [9.17, 15) is 10.4 Å². The summed E-state index contributed by atoms with van der Waals surface area (Å²) in [6.45, 7) is 4.42. The topological polar surface area (TPSA) is 74.7 Å². The first kappa shape index (κ1) is 17.4. The number of aromatic nitrogens is 3. The number of phenols is 1. The fraction of sp³-hybridized carbons (Fsp3) is 0.190. The van der Waals surface area contributed by atoms with Crippen LogP contribution >= 0.6 is 0 Å². The average molecular weight is 344 g/mol. The van der Waals surface area contributed by atoms with E-state index in [4.69, 9.17) is 0 Å². The maximum Gasteiger partial charge on any atom is 0.137 e. The van der Waals surface area contributed by atoms with Gasteiger partial charge < -0.3 is 5.11 Å². The zero-order valence-corrected chi connectivity index (χ0v) is 14.8. The maximum atomic E-state index is 9.50. The largest absolute Gasteiger partial charge is 0.508 e. The fourth-order valence-electron chi connectivity index (χ4n) is 2.61. The Morgan fingerprint density at radius 2 is 1.85 bits per heavy atom. The van der Waals surface area contributed by atoms with Crippen molar-refractivity contribution in [1.29, 1.82) is 5.26 Å². The van der Waals surface area contributed by atoms with Crippen LogP contribution in [-0.2, 0) is 12.0 Å². The monoisotopic (exact) mass is 344 g/mol. The van der Waals surface area contributed by atoms with Crippen LogP contribution in [0.2, 0.25) is 0 Å². The van der Waals surface area contributed by atoms with Crippen molar-refractivity contribution in [2.24, 2.45) is 0 Å². The second-order valence-corrected chi connectivity index (χ2v) is 6.72. The second kappa shape index (κ2) is 7.24. The summed E-state index contributed by atoms with van der Waals surface area (Å²) in [5.41, 5.74) is 3.43. The van der Waals surface area contributed by atoms with E-state index in [1.807, 2.05) is 50.3 Å². The number of hydrogen-bond donors (Lipinski definition) is 1. The van der Waals surface area contributed by atoms with Gasteiger partial charge >= 0.3 is 0 Å². The molecule has 1 N–H and O–H groups in total. The molecular weight excluding hydrogens is 324 g/mol. The first-order chi connectivity index (χ1) is 12.5. The zero-order valence-electron chi connectivity index (χ0n) is 14.8. The van der Waals surface area contributed by atoms with Crippen molar-refractivity contribution in [2.45, 2.75) is 25.8 Å². The summed E-state index contributed by atoms with van der Waals surface area (Å²) in [4.78, 5) is 3.98. The minimum Gasteiger partial charge on any atom is -0.508 e. The predicted molar refractivity (Wildman–Crippen MR) is 101 cm³/mol. The number of hydrogen-bond acceptors (Lipinski definition) is 4. The molecule has 26 heavy (non-hydrogen) atoms. The Morgan fingerprint density at radius 1 is 1.12 bits per heavy atom. The Morgan fingerprint density at radius 3 is 2.50 bits per heavy atom. The second-order valence-electron chi connectivity index (χ2n) is 6.72. The van der Waals surface area contributed by atoms with Crippen molar-refractivity contribution < 1.29 is 5.11 Å². The van der Waals surface area contributed by atoms with E-state index >= 15 is 0 Å². The van der Waals surface area contributed by atoms with Gasteiger partial charge in [-0.3, -0.25) is 0 Å². The Labute approximate surface area is 152 Å². The number of phenolic OH excluding ortho intramolecular Hbond substituents is 1. The first-order valence-corrected chi connectivity index (χ1v) is 8.31. The molecule has 3 rings (SSSR count). The summed E-state index contributed by atoms with van der Waals surface area (Å²) in [5, 5.41) is 23.0. The molecule has 0 radical (unpaired) electrons. The number of benzene rings is 2. The molecule has 0 bridgehead atoms. The SMILES string of the molecule is CC(C)(C#N)c1cc(/C=C/c2ccc(O)cc2)cc(Cn2cncn2)c1. The smallest absolute Gasteiger partial charge is 0.137 e. The van der Waals surface area contributed by atoms with Gasteiger partial charge in [0.05, 0.1) is 18.0 Å². The Kier molecular flexibility index (Phi) is 4.85. The molecule has 0 fully saturated rings. The van der Waals surface area contributed by atoms with Crippen molar-refractivity contribution in [3.8, 4) is 11.8 Å². The van der Waals surface area contributed by atoms with Crippen molar-refractivity contribution >= 4 is 12.2 Å². The summed E-state index contributed by atoms with van der Waals surface area (Å²) in [7, 11) is 0. The van der Waals surface area contributed by atoms with Gasteiger partial charge in [-0.1, -0.05) is 36.4 Å². The van der Waals surface area contributed by atoms with Crippen molar-refractivity contribution in [1.82, 2.24) is 14.8 Å². The van der Waals surface area contributed by atoms with Gasteiger partial charge in [0, 0.05) is 0 Å². The molecule has 0 saturated heterocycles. The molecule has 0 aliphatic rings. The highest BCUT2D eigenvalue weighted by molar-refractivity contribution is 5.70. The maximum absolute atomic E-state index is 9.50. The lowest BCUT2D eigenvalue weighted by Crippen LogP contribution is -2.15. The summed E-state index contributed by atoms with van der Waals surface area (Å²) < 4.78 is 1.76. The lowest BCUT2D eigenvalue weighted by Gasteiger charge is -2.18. The normalized spacial score (nSPS) is 11.6. The van der Waals surface area contributed by atoms with Gasteiger partial charge in [-0.2, -0.15) is 10.4 Å². The van der Waals surface area contributed by atoms with Crippen LogP contribution in [-0.4, -0.2) is 19.9 Å². The highest BCUT2D eigenvalue weighted by Crippen LogP contribution is 2.26. The molecule has 2 aromatic carbocycles. The third-order valence-corrected chi connectivity index (χ3v) is 4.19. The molecule has 0 aliphatic heterocycles. The van der Waals surface area contributed by atoms with Crippen LogP contribution in [0, 0.1) is 11.3 Å². The number of aromatic hydroxyl groups is 1. The minimum atomic E-state index is -0.584. The van der Waals surface area contributed by atoms with Crippen molar-refractivity contribution in [3.63, 3.8) is 0 Å². The molecule has 0 atom stereocenters. The Bertz CT molecular complexity index is 949. The highest BCUT2D eigenvalue weighted by Gasteiger charge is 2.20. The molecule has 1 heterocycles. The van der Waals surface area contributed by atoms with Gasteiger partial charge in [0.1, 0.15) is 18.4 Å². The van der Waals surface area contributed by atoms with Crippen LogP contribution in [0.25, 0.3) is 12.2 Å². The molecule has 0 aliphatic carbocycles.